The van der Waals surface area contributed by atoms with Gasteiger partial charge < -0.3 is 5.32 Å². The Kier molecular flexibility index (Phi) is 5.14. The van der Waals surface area contributed by atoms with Crippen LogP contribution in [-0.4, -0.2) is 12.1 Å². The SMILES string of the molecule is CC1CCC(CNC(C)(C)C)C(c2ccccc2Cl)C1. The number of rotatable bonds is 3. The zero-order chi connectivity index (χ0) is 14.8. The minimum Gasteiger partial charge on any atom is -0.312 e. The Bertz CT molecular complexity index is 435. The molecule has 1 saturated carbocycles. The fourth-order valence-electron chi connectivity index (χ4n) is 3.28. The Morgan fingerprint density at radius 3 is 2.55 bits per heavy atom. The smallest absolute Gasteiger partial charge is 0.0440 e. The molecule has 0 bridgehead atoms. The van der Waals surface area contributed by atoms with E-state index in [-0.39, 0.29) is 5.54 Å². The Morgan fingerprint density at radius 2 is 1.90 bits per heavy atom. The average Bonchev–Trinajstić information content (AvgIpc) is 2.37. The zero-order valence-electron chi connectivity index (χ0n) is 13.2. The van der Waals surface area contributed by atoms with Crippen LogP contribution >= 0.6 is 11.6 Å². The molecule has 1 nitrogen and oxygen atoms in total. The Labute approximate surface area is 129 Å². The van der Waals surface area contributed by atoms with Gasteiger partial charge in [-0.25, -0.2) is 0 Å². The van der Waals surface area contributed by atoms with Gasteiger partial charge in [0.05, 0.1) is 0 Å². The normalized spacial score (nSPS) is 27.6. The van der Waals surface area contributed by atoms with Crippen LogP contribution in [0.15, 0.2) is 24.3 Å². The lowest BCUT2D eigenvalue weighted by Gasteiger charge is -2.37. The molecule has 0 amide bonds. The molecular weight excluding hydrogens is 266 g/mol. The lowest BCUT2D eigenvalue weighted by molar-refractivity contribution is 0.227. The van der Waals surface area contributed by atoms with Crippen LogP contribution in [0, 0.1) is 11.8 Å². The topological polar surface area (TPSA) is 12.0 Å². The highest BCUT2D eigenvalue weighted by atomic mass is 35.5. The van der Waals surface area contributed by atoms with Gasteiger partial charge in [0.2, 0.25) is 0 Å². The molecule has 0 saturated heterocycles. The van der Waals surface area contributed by atoms with E-state index < -0.39 is 0 Å². The number of halogens is 1. The second-order valence-corrected chi connectivity index (χ2v) is 7.84. The van der Waals surface area contributed by atoms with Gasteiger partial charge in [-0.3, -0.25) is 0 Å². The van der Waals surface area contributed by atoms with E-state index in [2.05, 4.69) is 45.1 Å². The Hall–Kier alpha value is -0.530. The van der Waals surface area contributed by atoms with Gasteiger partial charge in [-0.15, -0.1) is 0 Å². The first kappa shape index (κ1) is 15.9. The molecule has 0 aliphatic heterocycles. The summed E-state index contributed by atoms with van der Waals surface area (Å²) in [7, 11) is 0. The van der Waals surface area contributed by atoms with Crippen molar-refractivity contribution in [1.29, 1.82) is 0 Å². The Morgan fingerprint density at radius 1 is 1.20 bits per heavy atom. The van der Waals surface area contributed by atoms with Crippen LogP contribution in [0.4, 0.5) is 0 Å². The van der Waals surface area contributed by atoms with Gasteiger partial charge in [0, 0.05) is 10.6 Å². The van der Waals surface area contributed by atoms with Gasteiger partial charge >= 0.3 is 0 Å². The molecule has 1 aromatic rings. The lowest BCUT2D eigenvalue weighted by Crippen LogP contribution is -2.41. The quantitative estimate of drug-likeness (QED) is 0.803. The maximum Gasteiger partial charge on any atom is 0.0440 e. The Balaban J connectivity index is 2.15. The van der Waals surface area contributed by atoms with E-state index in [0.717, 1.165) is 17.5 Å². The molecule has 1 aliphatic rings. The summed E-state index contributed by atoms with van der Waals surface area (Å²) in [6, 6.07) is 8.40. The summed E-state index contributed by atoms with van der Waals surface area (Å²) in [5.74, 6) is 2.11. The third kappa shape index (κ3) is 4.23. The molecule has 3 atom stereocenters. The molecule has 1 N–H and O–H groups in total. The van der Waals surface area contributed by atoms with E-state index in [1.165, 1.54) is 24.8 Å². The summed E-state index contributed by atoms with van der Waals surface area (Å²) in [5, 5.41) is 4.62. The minimum atomic E-state index is 0.189. The summed E-state index contributed by atoms with van der Waals surface area (Å²) in [6.45, 7) is 10.2. The molecule has 0 heterocycles. The largest absolute Gasteiger partial charge is 0.312 e. The van der Waals surface area contributed by atoms with Gasteiger partial charge in [-0.05, 0) is 69.5 Å². The van der Waals surface area contributed by atoms with Crippen molar-refractivity contribution in [2.45, 2.75) is 58.4 Å². The molecule has 112 valence electrons. The molecule has 1 fully saturated rings. The molecule has 0 spiro atoms. The van der Waals surface area contributed by atoms with Crippen LogP contribution in [0.2, 0.25) is 5.02 Å². The van der Waals surface area contributed by atoms with Crippen molar-refractivity contribution < 1.29 is 0 Å². The van der Waals surface area contributed by atoms with Crippen LogP contribution in [0.5, 0.6) is 0 Å². The fraction of sp³-hybridized carbons (Fsp3) is 0.667. The summed E-state index contributed by atoms with van der Waals surface area (Å²) in [5.41, 5.74) is 1.54. The molecule has 0 aromatic heterocycles. The van der Waals surface area contributed by atoms with Crippen molar-refractivity contribution in [3.8, 4) is 0 Å². The fourth-order valence-corrected chi connectivity index (χ4v) is 3.56. The predicted molar refractivity (Wildman–Crippen MR) is 88.5 cm³/mol. The highest BCUT2D eigenvalue weighted by Gasteiger charge is 2.31. The highest BCUT2D eigenvalue weighted by molar-refractivity contribution is 6.31. The van der Waals surface area contributed by atoms with Gasteiger partial charge in [0.1, 0.15) is 0 Å². The van der Waals surface area contributed by atoms with E-state index in [1.54, 1.807) is 0 Å². The van der Waals surface area contributed by atoms with E-state index in [0.29, 0.717) is 11.8 Å². The molecule has 3 unspecified atom stereocenters. The molecule has 20 heavy (non-hydrogen) atoms. The van der Waals surface area contributed by atoms with Crippen LogP contribution in [0.25, 0.3) is 0 Å². The third-order valence-corrected chi connectivity index (χ3v) is 4.80. The van der Waals surface area contributed by atoms with E-state index in [9.17, 15) is 0 Å². The summed E-state index contributed by atoms with van der Waals surface area (Å²) < 4.78 is 0. The number of hydrogen-bond donors (Lipinski definition) is 1. The first-order valence-corrected chi connectivity index (χ1v) is 8.24. The van der Waals surface area contributed by atoms with Crippen molar-refractivity contribution >= 4 is 11.6 Å². The molecule has 1 aliphatic carbocycles. The first-order valence-electron chi connectivity index (χ1n) is 7.86. The minimum absolute atomic E-state index is 0.189. The van der Waals surface area contributed by atoms with E-state index >= 15 is 0 Å². The van der Waals surface area contributed by atoms with Crippen molar-refractivity contribution in [3.05, 3.63) is 34.9 Å². The van der Waals surface area contributed by atoms with Crippen molar-refractivity contribution in [3.63, 3.8) is 0 Å². The number of benzene rings is 1. The van der Waals surface area contributed by atoms with Gasteiger partial charge in [0.15, 0.2) is 0 Å². The summed E-state index contributed by atoms with van der Waals surface area (Å²) in [6.07, 6.45) is 3.91. The molecule has 0 radical (unpaired) electrons. The lowest BCUT2D eigenvalue weighted by atomic mass is 9.71. The summed E-state index contributed by atoms with van der Waals surface area (Å²) in [4.78, 5) is 0. The van der Waals surface area contributed by atoms with Gasteiger partial charge in [-0.1, -0.05) is 43.1 Å². The van der Waals surface area contributed by atoms with E-state index in [4.69, 9.17) is 11.6 Å². The second-order valence-electron chi connectivity index (χ2n) is 7.44. The number of nitrogens with one attached hydrogen (secondary N) is 1. The standard InChI is InChI=1S/C18H28ClN/c1-13-9-10-14(12-20-18(2,3)4)16(11-13)15-7-5-6-8-17(15)19/h5-8,13-14,16,20H,9-12H2,1-4H3. The highest BCUT2D eigenvalue weighted by Crippen LogP contribution is 2.42. The third-order valence-electron chi connectivity index (χ3n) is 4.45. The predicted octanol–water partition coefficient (Wildman–Crippen LogP) is 5.25. The van der Waals surface area contributed by atoms with Crippen LogP contribution in [0.1, 0.15) is 58.4 Å². The van der Waals surface area contributed by atoms with E-state index in [1.807, 2.05) is 12.1 Å². The second kappa shape index (κ2) is 6.49. The first-order chi connectivity index (χ1) is 9.37. The van der Waals surface area contributed by atoms with Crippen molar-refractivity contribution in [1.82, 2.24) is 5.32 Å². The molecule has 2 heteroatoms. The maximum absolute atomic E-state index is 6.44. The maximum atomic E-state index is 6.44. The average molecular weight is 294 g/mol. The molecule has 2 rings (SSSR count). The zero-order valence-corrected chi connectivity index (χ0v) is 14.0. The van der Waals surface area contributed by atoms with Crippen LogP contribution < -0.4 is 5.32 Å². The molecule has 1 aromatic carbocycles. The monoisotopic (exact) mass is 293 g/mol. The van der Waals surface area contributed by atoms with Crippen LogP contribution in [0.3, 0.4) is 0 Å². The number of hydrogen-bond acceptors (Lipinski definition) is 1. The van der Waals surface area contributed by atoms with Crippen molar-refractivity contribution in [2.24, 2.45) is 11.8 Å². The molecular formula is C18H28ClN. The van der Waals surface area contributed by atoms with Crippen molar-refractivity contribution in [2.75, 3.05) is 6.54 Å². The summed E-state index contributed by atoms with van der Waals surface area (Å²) >= 11 is 6.44. The van der Waals surface area contributed by atoms with Crippen LogP contribution in [-0.2, 0) is 0 Å². The van der Waals surface area contributed by atoms with Gasteiger partial charge in [-0.2, -0.15) is 0 Å². The van der Waals surface area contributed by atoms with Gasteiger partial charge in [0.25, 0.3) is 0 Å².